The molecule has 0 spiro atoms. The molecule has 0 atom stereocenters. The zero-order valence-corrected chi connectivity index (χ0v) is 12.2. The Hall–Kier alpha value is -2.76. The van der Waals surface area contributed by atoms with Crippen molar-refractivity contribution in [2.45, 2.75) is 6.18 Å². The van der Waals surface area contributed by atoms with Crippen LogP contribution in [0.3, 0.4) is 0 Å². The van der Waals surface area contributed by atoms with Gasteiger partial charge in [-0.05, 0) is 29.8 Å². The molecule has 0 saturated carbocycles. The van der Waals surface area contributed by atoms with Crippen molar-refractivity contribution in [2.24, 2.45) is 0 Å². The summed E-state index contributed by atoms with van der Waals surface area (Å²) in [6.45, 7) is 0. The van der Waals surface area contributed by atoms with Gasteiger partial charge in [0.15, 0.2) is 0 Å². The van der Waals surface area contributed by atoms with Crippen molar-refractivity contribution < 1.29 is 22.7 Å². The highest BCUT2D eigenvalue weighted by molar-refractivity contribution is 6.02. The predicted molar refractivity (Wildman–Crippen MR) is 82.1 cm³/mol. The molecule has 0 fully saturated rings. The van der Waals surface area contributed by atoms with Crippen LogP contribution >= 0.6 is 0 Å². The predicted octanol–water partition coefficient (Wildman–Crippen LogP) is 4.37. The van der Waals surface area contributed by atoms with E-state index in [4.69, 9.17) is 4.74 Å². The molecule has 0 saturated heterocycles. The fourth-order valence-corrected chi connectivity index (χ4v) is 1.99. The SMILES string of the molecule is COc1ccccc1NC(=O)/C=C/c1ccccc1C(F)(F)F. The van der Waals surface area contributed by atoms with Gasteiger partial charge in [0.1, 0.15) is 5.75 Å². The first-order chi connectivity index (χ1) is 10.9. The van der Waals surface area contributed by atoms with E-state index in [9.17, 15) is 18.0 Å². The lowest BCUT2D eigenvalue weighted by Gasteiger charge is -2.10. The Morgan fingerprint density at radius 3 is 2.43 bits per heavy atom. The molecule has 0 bridgehead atoms. The minimum absolute atomic E-state index is 0.0739. The van der Waals surface area contributed by atoms with Crippen LogP contribution < -0.4 is 10.1 Å². The summed E-state index contributed by atoms with van der Waals surface area (Å²) in [5.41, 5.74) is -0.426. The zero-order valence-electron chi connectivity index (χ0n) is 12.2. The number of carbonyl (C=O) groups excluding carboxylic acids is 1. The lowest BCUT2D eigenvalue weighted by molar-refractivity contribution is -0.137. The van der Waals surface area contributed by atoms with E-state index in [0.29, 0.717) is 11.4 Å². The van der Waals surface area contributed by atoms with E-state index in [1.165, 1.54) is 25.3 Å². The second kappa shape index (κ2) is 7.00. The van der Waals surface area contributed by atoms with E-state index in [0.717, 1.165) is 18.2 Å². The smallest absolute Gasteiger partial charge is 0.416 e. The first-order valence-electron chi connectivity index (χ1n) is 6.70. The maximum absolute atomic E-state index is 12.9. The molecule has 120 valence electrons. The number of amides is 1. The second-order valence-electron chi connectivity index (χ2n) is 4.61. The summed E-state index contributed by atoms with van der Waals surface area (Å²) < 4.78 is 43.7. The van der Waals surface area contributed by atoms with Crippen LogP contribution in [0.4, 0.5) is 18.9 Å². The van der Waals surface area contributed by atoms with E-state index in [1.54, 1.807) is 24.3 Å². The molecule has 0 radical (unpaired) electrons. The normalized spacial score (nSPS) is 11.5. The van der Waals surface area contributed by atoms with Gasteiger partial charge in [0.05, 0.1) is 18.4 Å². The number of nitrogens with one attached hydrogen (secondary N) is 1. The lowest BCUT2D eigenvalue weighted by Crippen LogP contribution is -2.10. The number of benzene rings is 2. The van der Waals surface area contributed by atoms with Gasteiger partial charge in [-0.1, -0.05) is 30.3 Å². The summed E-state index contributed by atoms with van der Waals surface area (Å²) in [4.78, 5) is 11.9. The Kier molecular flexibility index (Phi) is 5.05. The summed E-state index contributed by atoms with van der Waals surface area (Å²) >= 11 is 0. The zero-order chi connectivity index (χ0) is 16.9. The monoisotopic (exact) mass is 321 g/mol. The van der Waals surface area contributed by atoms with E-state index >= 15 is 0 Å². The van der Waals surface area contributed by atoms with Crippen LogP contribution in [0.2, 0.25) is 0 Å². The molecule has 0 aliphatic carbocycles. The number of hydrogen-bond acceptors (Lipinski definition) is 2. The van der Waals surface area contributed by atoms with Gasteiger partial charge in [-0.15, -0.1) is 0 Å². The van der Waals surface area contributed by atoms with Crippen molar-refractivity contribution in [3.63, 3.8) is 0 Å². The number of halogens is 3. The standard InChI is InChI=1S/C17H14F3NO2/c1-23-15-9-5-4-8-14(15)21-16(22)11-10-12-6-2-3-7-13(12)17(18,19)20/h2-11H,1H3,(H,21,22)/b11-10+. The average Bonchev–Trinajstić information content (AvgIpc) is 2.53. The maximum atomic E-state index is 12.9. The van der Waals surface area contributed by atoms with Gasteiger partial charge in [0, 0.05) is 6.08 Å². The van der Waals surface area contributed by atoms with Crippen LogP contribution in [0.5, 0.6) is 5.75 Å². The summed E-state index contributed by atoms with van der Waals surface area (Å²) in [5.74, 6) is -0.0866. The van der Waals surface area contributed by atoms with E-state index in [1.807, 2.05) is 0 Å². The molecule has 2 aromatic carbocycles. The Balaban J connectivity index is 2.16. The number of hydrogen-bond donors (Lipinski definition) is 1. The van der Waals surface area contributed by atoms with Crippen LogP contribution in [0.25, 0.3) is 6.08 Å². The van der Waals surface area contributed by atoms with E-state index in [-0.39, 0.29) is 5.56 Å². The summed E-state index contributed by atoms with van der Waals surface area (Å²) in [5, 5.41) is 2.56. The van der Waals surface area contributed by atoms with Crippen LogP contribution in [-0.2, 0) is 11.0 Å². The maximum Gasteiger partial charge on any atom is 0.416 e. The highest BCUT2D eigenvalue weighted by Gasteiger charge is 2.32. The van der Waals surface area contributed by atoms with Crippen molar-refractivity contribution in [3.05, 3.63) is 65.7 Å². The topological polar surface area (TPSA) is 38.3 Å². The fraction of sp³-hybridized carbons (Fsp3) is 0.118. The summed E-state index contributed by atoms with van der Waals surface area (Å²) in [6, 6.07) is 11.8. The molecule has 0 unspecified atom stereocenters. The Bertz CT molecular complexity index is 724. The van der Waals surface area contributed by atoms with Gasteiger partial charge in [0.2, 0.25) is 5.91 Å². The molecule has 2 aromatic rings. The molecular formula is C17H14F3NO2. The summed E-state index contributed by atoms with van der Waals surface area (Å²) in [7, 11) is 1.46. The highest BCUT2D eigenvalue weighted by Crippen LogP contribution is 2.32. The molecule has 3 nitrogen and oxygen atoms in total. The molecule has 0 aromatic heterocycles. The third-order valence-electron chi connectivity index (χ3n) is 3.05. The number of ether oxygens (including phenoxy) is 1. The number of methoxy groups -OCH3 is 1. The molecule has 6 heteroatoms. The molecule has 0 aliphatic heterocycles. The first-order valence-corrected chi connectivity index (χ1v) is 6.70. The number of para-hydroxylation sites is 2. The lowest BCUT2D eigenvalue weighted by atomic mass is 10.1. The van der Waals surface area contributed by atoms with Crippen molar-refractivity contribution in [1.82, 2.24) is 0 Å². The third-order valence-corrected chi connectivity index (χ3v) is 3.05. The van der Waals surface area contributed by atoms with E-state index < -0.39 is 17.6 Å². The molecule has 23 heavy (non-hydrogen) atoms. The Morgan fingerprint density at radius 1 is 1.09 bits per heavy atom. The fourth-order valence-electron chi connectivity index (χ4n) is 1.99. The van der Waals surface area contributed by atoms with Crippen molar-refractivity contribution in [1.29, 1.82) is 0 Å². The quantitative estimate of drug-likeness (QED) is 0.850. The van der Waals surface area contributed by atoms with Crippen LogP contribution in [0.1, 0.15) is 11.1 Å². The number of rotatable bonds is 4. The van der Waals surface area contributed by atoms with Gasteiger partial charge in [-0.3, -0.25) is 4.79 Å². The van der Waals surface area contributed by atoms with Gasteiger partial charge in [0.25, 0.3) is 0 Å². The molecule has 2 rings (SSSR count). The van der Waals surface area contributed by atoms with Crippen molar-refractivity contribution in [3.8, 4) is 5.75 Å². The first kappa shape index (κ1) is 16.6. The molecule has 0 heterocycles. The highest BCUT2D eigenvalue weighted by atomic mass is 19.4. The average molecular weight is 321 g/mol. The number of carbonyl (C=O) groups is 1. The largest absolute Gasteiger partial charge is 0.495 e. The van der Waals surface area contributed by atoms with E-state index in [2.05, 4.69) is 5.32 Å². The number of anilines is 1. The van der Waals surface area contributed by atoms with Gasteiger partial charge >= 0.3 is 6.18 Å². The number of alkyl halides is 3. The Labute approximate surface area is 131 Å². The van der Waals surface area contributed by atoms with Gasteiger partial charge in [-0.2, -0.15) is 13.2 Å². The third kappa shape index (κ3) is 4.35. The molecule has 1 amide bonds. The Morgan fingerprint density at radius 2 is 1.74 bits per heavy atom. The molecular weight excluding hydrogens is 307 g/mol. The minimum atomic E-state index is -4.47. The molecule has 0 aliphatic rings. The second-order valence-corrected chi connectivity index (χ2v) is 4.61. The van der Waals surface area contributed by atoms with Crippen LogP contribution in [0.15, 0.2) is 54.6 Å². The summed E-state index contributed by atoms with van der Waals surface area (Å²) in [6.07, 6.45) is -2.29. The van der Waals surface area contributed by atoms with Crippen molar-refractivity contribution >= 4 is 17.7 Å². The molecule has 1 N–H and O–H groups in total. The van der Waals surface area contributed by atoms with Crippen molar-refractivity contribution in [2.75, 3.05) is 12.4 Å². The van der Waals surface area contributed by atoms with Gasteiger partial charge < -0.3 is 10.1 Å². The van der Waals surface area contributed by atoms with Crippen LogP contribution in [0, 0.1) is 0 Å². The minimum Gasteiger partial charge on any atom is -0.495 e. The van der Waals surface area contributed by atoms with Crippen LogP contribution in [-0.4, -0.2) is 13.0 Å². The van der Waals surface area contributed by atoms with Gasteiger partial charge in [-0.25, -0.2) is 0 Å².